The Kier molecular flexibility index (Phi) is 8.30. The van der Waals surface area contributed by atoms with Gasteiger partial charge in [0.1, 0.15) is 23.7 Å². The van der Waals surface area contributed by atoms with E-state index in [2.05, 4.69) is 9.97 Å². The Morgan fingerprint density at radius 1 is 0.923 bits per heavy atom. The van der Waals surface area contributed by atoms with E-state index >= 15 is 0 Å². The Labute approximate surface area is 244 Å². The molecule has 0 fully saturated rings. The lowest BCUT2D eigenvalue weighted by molar-refractivity contribution is 0.195. The van der Waals surface area contributed by atoms with E-state index in [1.807, 2.05) is 54.8 Å². The molecule has 0 saturated heterocycles. The fourth-order valence-corrected chi connectivity index (χ4v) is 5.18. The Morgan fingerprint density at radius 3 is 2.36 bits per heavy atom. The minimum atomic E-state index is -0.231. The number of hydrogen-bond donors (Lipinski definition) is 2. The van der Waals surface area contributed by atoms with Crippen LogP contribution in [0.5, 0.6) is 5.75 Å². The van der Waals surface area contributed by atoms with Gasteiger partial charge in [0, 0.05) is 16.8 Å². The lowest BCUT2D eigenvalue weighted by atomic mass is 10.1. The van der Waals surface area contributed by atoms with E-state index in [0.29, 0.717) is 56.3 Å². The van der Waals surface area contributed by atoms with E-state index in [1.54, 1.807) is 24.4 Å². The van der Waals surface area contributed by atoms with Gasteiger partial charge in [0.15, 0.2) is 11.0 Å². The molecule has 0 unspecified atom stereocenters. The third-order valence-corrected chi connectivity index (χ3v) is 7.26. The predicted molar refractivity (Wildman–Crippen MR) is 155 cm³/mol. The van der Waals surface area contributed by atoms with Crippen molar-refractivity contribution in [3.05, 3.63) is 99.1 Å². The fourth-order valence-electron chi connectivity index (χ4n) is 3.99. The maximum absolute atomic E-state index is 11.5. The molecular weight excluding hydrogens is 579 g/mol. The lowest BCUT2D eigenvalue weighted by Crippen LogP contribution is -2.00. The third kappa shape index (κ3) is 5.85. The van der Waals surface area contributed by atoms with Gasteiger partial charge >= 0.3 is 0 Å². The van der Waals surface area contributed by atoms with Crippen LogP contribution in [-0.2, 0) is 13.2 Å². The zero-order chi connectivity index (χ0) is 27.5. The van der Waals surface area contributed by atoms with E-state index in [4.69, 9.17) is 44.5 Å². The van der Waals surface area contributed by atoms with Crippen molar-refractivity contribution in [2.45, 2.75) is 18.4 Å². The van der Waals surface area contributed by atoms with E-state index in [0.717, 1.165) is 10.3 Å². The first-order valence-electron chi connectivity index (χ1n) is 11.6. The van der Waals surface area contributed by atoms with Gasteiger partial charge in [-0.15, -0.1) is 0 Å². The molecule has 2 aromatic heterocycles. The van der Waals surface area contributed by atoms with Gasteiger partial charge in [-0.05, 0) is 59.8 Å². The van der Waals surface area contributed by atoms with Crippen molar-refractivity contribution in [3.63, 3.8) is 0 Å². The van der Waals surface area contributed by atoms with Crippen LogP contribution in [0.15, 0.2) is 78.1 Å². The number of aromatic nitrogens is 4. The first-order chi connectivity index (χ1) is 18.9. The summed E-state index contributed by atoms with van der Waals surface area (Å²) in [4.78, 5) is 13.6. The minimum Gasteiger partial charge on any atom is -0.489 e. The van der Waals surface area contributed by atoms with E-state index < -0.39 is 0 Å². The van der Waals surface area contributed by atoms with Gasteiger partial charge in [0.25, 0.3) is 0 Å². The molecular formula is C28H21Cl3N4O3S. The van der Waals surface area contributed by atoms with Crippen LogP contribution in [0.1, 0.15) is 11.1 Å². The average Bonchev–Trinajstić information content (AvgIpc) is 3.29. The quantitative estimate of drug-likeness (QED) is 0.107. The molecule has 198 valence electrons. The number of rotatable bonds is 8. The standard InChI is InChI=1S/C28H21Cl3N4O3S/c1-39-28-32-10-9-23(33-28)25-26(35(37)27(34-25)24-21(30)11-17(14-36)12-22(24)31)18-3-2-4-20(13-18)38-15-16-5-7-19(29)8-6-16/h2-13,36-37H,14-15H2,1H3. The molecule has 7 nitrogen and oxygen atoms in total. The number of halogens is 3. The van der Waals surface area contributed by atoms with Crippen LogP contribution < -0.4 is 4.74 Å². The van der Waals surface area contributed by atoms with Gasteiger partial charge in [0.2, 0.25) is 0 Å². The smallest absolute Gasteiger partial charge is 0.187 e. The molecule has 0 bridgehead atoms. The summed E-state index contributed by atoms with van der Waals surface area (Å²) in [6, 6.07) is 19.6. The Morgan fingerprint density at radius 2 is 1.67 bits per heavy atom. The molecule has 2 N–H and O–H groups in total. The SMILES string of the molecule is CSc1nccc(-c2nc(-c3c(Cl)cc(CO)cc3Cl)n(O)c2-c2cccc(OCc3ccc(Cl)cc3)c2)n1. The van der Waals surface area contributed by atoms with Crippen molar-refractivity contribution in [1.82, 2.24) is 19.7 Å². The molecule has 0 radical (unpaired) electrons. The number of aliphatic hydroxyl groups is 1. The molecule has 2 heterocycles. The van der Waals surface area contributed by atoms with Crippen molar-refractivity contribution in [1.29, 1.82) is 0 Å². The fraction of sp³-hybridized carbons (Fsp3) is 0.107. The maximum Gasteiger partial charge on any atom is 0.187 e. The van der Waals surface area contributed by atoms with Crippen molar-refractivity contribution in [2.75, 3.05) is 6.26 Å². The summed E-state index contributed by atoms with van der Waals surface area (Å²) in [6.07, 6.45) is 3.51. The summed E-state index contributed by atoms with van der Waals surface area (Å²) in [5.41, 5.74) is 3.72. The summed E-state index contributed by atoms with van der Waals surface area (Å²) in [7, 11) is 0. The monoisotopic (exact) mass is 598 g/mol. The molecule has 5 rings (SSSR count). The van der Waals surface area contributed by atoms with Gasteiger partial charge in [-0.3, -0.25) is 0 Å². The van der Waals surface area contributed by atoms with Crippen LogP contribution >= 0.6 is 46.6 Å². The highest BCUT2D eigenvalue weighted by molar-refractivity contribution is 7.98. The van der Waals surface area contributed by atoms with E-state index in [-0.39, 0.29) is 22.5 Å². The van der Waals surface area contributed by atoms with Crippen LogP contribution in [0.25, 0.3) is 34.0 Å². The topological polar surface area (TPSA) is 93.3 Å². The van der Waals surface area contributed by atoms with Gasteiger partial charge in [-0.2, -0.15) is 4.73 Å². The lowest BCUT2D eigenvalue weighted by Gasteiger charge is -2.11. The molecule has 0 aliphatic heterocycles. The largest absolute Gasteiger partial charge is 0.489 e. The van der Waals surface area contributed by atoms with Gasteiger partial charge in [-0.25, -0.2) is 15.0 Å². The minimum absolute atomic E-state index is 0.122. The average molecular weight is 600 g/mol. The van der Waals surface area contributed by atoms with Crippen LogP contribution in [0.4, 0.5) is 0 Å². The Balaban J connectivity index is 1.62. The second kappa shape index (κ2) is 11.9. The molecule has 11 heteroatoms. The number of ether oxygens (including phenoxy) is 1. The van der Waals surface area contributed by atoms with Gasteiger partial charge < -0.3 is 15.1 Å². The van der Waals surface area contributed by atoms with Crippen LogP contribution in [0.3, 0.4) is 0 Å². The van der Waals surface area contributed by atoms with Gasteiger partial charge in [-0.1, -0.05) is 70.8 Å². The van der Waals surface area contributed by atoms with Gasteiger partial charge in [0.05, 0.1) is 27.9 Å². The summed E-state index contributed by atoms with van der Waals surface area (Å²) in [5.74, 6) is 0.711. The van der Waals surface area contributed by atoms with Crippen LogP contribution in [-0.4, -0.2) is 36.3 Å². The molecule has 0 spiro atoms. The molecule has 3 aromatic carbocycles. The molecule has 39 heavy (non-hydrogen) atoms. The number of benzene rings is 3. The molecule has 0 aliphatic rings. The van der Waals surface area contributed by atoms with E-state index in [1.165, 1.54) is 11.8 Å². The number of nitrogens with zero attached hydrogens (tertiary/aromatic N) is 4. The number of hydrogen-bond acceptors (Lipinski definition) is 7. The first kappa shape index (κ1) is 27.3. The van der Waals surface area contributed by atoms with Crippen molar-refractivity contribution in [3.8, 4) is 39.8 Å². The highest BCUT2D eigenvalue weighted by Gasteiger charge is 2.25. The van der Waals surface area contributed by atoms with Crippen LogP contribution in [0, 0.1) is 0 Å². The first-order valence-corrected chi connectivity index (χ1v) is 14.0. The maximum atomic E-state index is 11.5. The second-order valence-corrected chi connectivity index (χ2v) is 10.4. The van der Waals surface area contributed by atoms with Crippen molar-refractivity contribution < 1.29 is 15.1 Å². The number of thioether (sulfide) groups is 1. The predicted octanol–water partition coefficient (Wildman–Crippen LogP) is 7.66. The normalized spacial score (nSPS) is 11.1. The zero-order valence-electron chi connectivity index (χ0n) is 20.5. The second-order valence-electron chi connectivity index (χ2n) is 8.41. The Hall–Kier alpha value is -3.27. The molecule has 0 saturated carbocycles. The number of imidazole rings is 1. The highest BCUT2D eigenvalue weighted by Crippen LogP contribution is 2.41. The van der Waals surface area contributed by atoms with Crippen LogP contribution in [0.2, 0.25) is 15.1 Å². The molecule has 0 atom stereocenters. The number of aliphatic hydroxyl groups excluding tert-OH is 1. The third-order valence-electron chi connectivity index (χ3n) is 5.85. The van der Waals surface area contributed by atoms with Crippen molar-refractivity contribution >= 4 is 46.6 Å². The highest BCUT2D eigenvalue weighted by atomic mass is 35.5. The summed E-state index contributed by atoms with van der Waals surface area (Å²) < 4.78 is 6.97. The summed E-state index contributed by atoms with van der Waals surface area (Å²) in [5, 5.41) is 22.7. The molecule has 0 aliphatic carbocycles. The Bertz CT molecular complexity index is 1620. The molecule has 5 aromatic rings. The summed E-state index contributed by atoms with van der Waals surface area (Å²) >= 11 is 20.5. The zero-order valence-corrected chi connectivity index (χ0v) is 23.6. The van der Waals surface area contributed by atoms with E-state index in [9.17, 15) is 10.3 Å². The van der Waals surface area contributed by atoms with Crippen molar-refractivity contribution in [2.24, 2.45) is 0 Å². The molecule has 0 amide bonds. The summed E-state index contributed by atoms with van der Waals surface area (Å²) in [6.45, 7) is 0.105.